The van der Waals surface area contributed by atoms with Crippen LogP contribution in [-0.2, 0) is 9.84 Å². The zero-order valence-electron chi connectivity index (χ0n) is 7.94. The standard InChI is InChI=1S/C7H11ClN3O2S/c1-5(2)3-4-14(12,13)7-9-6(8)10-11-7/h5H,3-4H2,1-2H3/q-1. The Hall–Kier alpha value is -0.620. The lowest BCUT2D eigenvalue weighted by Crippen LogP contribution is -2.11. The van der Waals surface area contributed by atoms with E-state index < -0.39 is 9.84 Å². The molecule has 1 aromatic heterocycles. The predicted octanol–water partition coefficient (Wildman–Crippen LogP) is 0.907. The Bertz CT molecular complexity index is 399. The van der Waals surface area contributed by atoms with Gasteiger partial charge in [-0.25, -0.2) is 8.42 Å². The van der Waals surface area contributed by atoms with E-state index in [0.29, 0.717) is 12.3 Å². The molecule has 0 unspecified atom stereocenters. The second-order valence-electron chi connectivity index (χ2n) is 3.36. The van der Waals surface area contributed by atoms with Crippen molar-refractivity contribution in [3.8, 4) is 0 Å². The molecule has 14 heavy (non-hydrogen) atoms. The Labute approximate surface area is 87.8 Å². The van der Waals surface area contributed by atoms with Crippen molar-refractivity contribution in [3.63, 3.8) is 0 Å². The van der Waals surface area contributed by atoms with Gasteiger partial charge in [-0.05, 0) is 12.3 Å². The molecule has 1 heterocycles. The van der Waals surface area contributed by atoms with Gasteiger partial charge in [0.15, 0.2) is 9.84 Å². The summed E-state index contributed by atoms with van der Waals surface area (Å²) in [5, 5.41) is 6.31. The molecule has 0 bridgehead atoms. The van der Waals surface area contributed by atoms with E-state index in [2.05, 4.69) is 15.2 Å². The van der Waals surface area contributed by atoms with Gasteiger partial charge in [0.1, 0.15) is 5.16 Å². The number of nitrogens with zero attached hydrogens (tertiary/aromatic N) is 3. The van der Waals surface area contributed by atoms with Crippen LogP contribution in [0.4, 0.5) is 0 Å². The topological polar surface area (TPSA) is 74.0 Å². The van der Waals surface area contributed by atoms with Crippen LogP contribution in [0.3, 0.4) is 0 Å². The lowest BCUT2D eigenvalue weighted by molar-refractivity contribution is 0.566. The van der Waals surface area contributed by atoms with Crippen molar-refractivity contribution in [2.24, 2.45) is 5.92 Å². The molecular weight excluding hydrogens is 226 g/mol. The number of sulfone groups is 1. The third-order valence-corrected chi connectivity index (χ3v) is 3.31. The monoisotopic (exact) mass is 236 g/mol. The second-order valence-corrected chi connectivity index (χ2v) is 5.71. The maximum atomic E-state index is 11.5. The smallest absolute Gasteiger partial charge is 0.183 e. The van der Waals surface area contributed by atoms with Crippen molar-refractivity contribution < 1.29 is 8.42 Å². The first-order chi connectivity index (χ1) is 6.42. The highest BCUT2D eigenvalue weighted by Gasteiger charge is 2.13. The van der Waals surface area contributed by atoms with Gasteiger partial charge in [0.25, 0.3) is 0 Å². The van der Waals surface area contributed by atoms with E-state index in [1.54, 1.807) is 0 Å². The normalized spacial score (nSPS) is 12.3. The third kappa shape index (κ3) is 2.95. The number of rotatable bonds is 4. The SMILES string of the molecule is CC(C)CCS(=O)(=O)c1nnc(Cl)[n-]1. The molecule has 0 N–H and O–H groups in total. The molecule has 0 aliphatic carbocycles. The molecule has 0 saturated carbocycles. The number of halogens is 1. The van der Waals surface area contributed by atoms with Gasteiger partial charge in [0, 0.05) is 0 Å². The van der Waals surface area contributed by atoms with E-state index in [0.717, 1.165) is 0 Å². The fourth-order valence-corrected chi connectivity index (χ4v) is 2.34. The molecule has 1 rings (SSSR count). The molecule has 80 valence electrons. The summed E-state index contributed by atoms with van der Waals surface area (Å²) < 4.78 is 23.1. The van der Waals surface area contributed by atoms with Gasteiger partial charge < -0.3 is 15.2 Å². The molecular formula is C7H11ClN3O2S-. The summed E-state index contributed by atoms with van der Waals surface area (Å²) in [6.45, 7) is 3.90. The zero-order chi connectivity index (χ0) is 10.8. The molecule has 0 aliphatic rings. The van der Waals surface area contributed by atoms with Crippen molar-refractivity contribution >= 4 is 21.4 Å². The molecule has 0 fully saturated rings. The molecule has 0 atom stereocenters. The maximum absolute atomic E-state index is 11.5. The maximum Gasteiger partial charge on any atom is 0.183 e. The Kier molecular flexibility index (Phi) is 3.49. The Morgan fingerprint density at radius 1 is 1.43 bits per heavy atom. The van der Waals surface area contributed by atoms with E-state index in [1.165, 1.54) is 0 Å². The molecule has 7 heteroatoms. The van der Waals surface area contributed by atoms with Crippen LogP contribution in [0.2, 0.25) is 5.28 Å². The highest BCUT2D eigenvalue weighted by Crippen LogP contribution is 2.10. The largest absolute Gasteiger partial charge is 0.338 e. The van der Waals surface area contributed by atoms with Gasteiger partial charge in [-0.15, -0.1) is 0 Å². The first-order valence-corrected chi connectivity index (χ1v) is 6.20. The highest BCUT2D eigenvalue weighted by molar-refractivity contribution is 7.91. The summed E-state index contributed by atoms with van der Waals surface area (Å²) in [7, 11) is -3.40. The first-order valence-electron chi connectivity index (χ1n) is 4.17. The number of hydrogen-bond donors (Lipinski definition) is 0. The molecule has 0 amide bonds. The lowest BCUT2D eigenvalue weighted by atomic mass is 10.2. The zero-order valence-corrected chi connectivity index (χ0v) is 9.51. The van der Waals surface area contributed by atoms with Crippen LogP contribution in [0.15, 0.2) is 5.16 Å². The number of aromatic nitrogens is 3. The highest BCUT2D eigenvalue weighted by atomic mass is 35.5. The van der Waals surface area contributed by atoms with Crippen molar-refractivity contribution in [1.82, 2.24) is 15.2 Å². The van der Waals surface area contributed by atoms with Crippen molar-refractivity contribution in [3.05, 3.63) is 5.28 Å². The molecule has 0 aromatic carbocycles. The molecule has 0 saturated heterocycles. The summed E-state index contributed by atoms with van der Waals surface area (Å²) >= 11 is 5.38. The quantitative estimate of drug-likeness (QED) is 0.777. The van der Waals surface area contributed by atoms with Crippen LogP contribution >= 0.6 is 11.6 Å². The Morgan fingerprint density at radius 2 is 2.07 bits per heavy atom. The van der Waals surface area contributed by atoms with Crippen molar-refractivity contribution in [2.75, 3.05) is 5.75 Å². The lowest BCUT2D eigenvalue weighted by Gasteiger charge is -2.05. The van der Waals surface area contributed by atoms with Crippen LogP contribution < -0.4 is 4.98 Å². The van der Waals surface area contributed by atoms with Gasteiger partial charge in [0.05, 0.1) is 11.0 Å². The fourth-order valence-electron chi connectivity index (χ4n) is 0.822. The summed E-state index contributed by atoms with van der Waals surface area (Å²) in [6.07, 6.45) is 0.578. The fraction of sp³-hybridized carbons (Fsp3) is 0.714. The summed E-state index contributed by atoms with van der Waals surface area (Å²) in [6, 6.07) is 0. The number of hydrogen-bond acceptors (Lipinski definition) is 4. The molecule has 0 spiro atoms. The van der Waals surface area contributed by atoms with Crippen molar-refractivity contribution in [2.45, 2.75) is 25.4 Å². The molecule has 1 aromatic rings. The van der Waals surface area contributed by atoms with Crippen molar-refractivity contribution in [1.29, 1.82) is 0 Å². The molecule has 5 nitrogen and oxygen atoms in total. The van der Waals surface area contributed by atoms with E-state index >= 15 is 0 Å². The van der Waals surface area contributed by atoms with Crippen LogP contribution in [0.5, 0.6) is 0 Å². The second kappa shape index (κ2) is 4.27. The minimum Gasteiger partial charge on any atom is -0.338 e. The minimum absolute atomic E-state index is 0.0344. The average Bonchev–Trinajstić information content (AvgIpc) is 2.49. The van der Waals surface area contributed by atoms with E-state index in [9.17, 15) is 8.42 Å². The van der Waals surface area contributed by atoms with Gasteiger partial charge in [-0.2, -0.15) is 0 Å². The Balaban J connectivity index is 2.76. The summed E-state index contributed by atoms with van der Waals surface area (Å²) in [4.78, 5) is 3.52. The van der Waals surface area contributed by atoms with E-state index in [4.69, 9.17) is 11.6 Å². The minimum atomic E-state index is -3.40. The third-order valence-electron chi connectivity index (χ3n) is 1.65. The van der Waals surface area contributed by atoms with Crippen LogP contribution in [0.1, 0.15) is 20.3 Å². The van der Waals surface area contributed by atoms with Gasteiger partial charge >= 0.3 is 0 Å². The van der Waals surface area contributed by atoms with E-state index in [1.807, 2.05) is 13.8 Å². The summed E-state index contributed by atoms with van der Waals surface area (Å²) in [5.41, 5.74) is 0. The van der Waals surface area contributed by atoms with Gasteiger partial charge in [-0.1, -0.05) is 25.4 Å². The van der Waals surface area contributed by atoms with Crippen LogP contribution in [0.25, 0.3) is 0 Å². The molecule has 0 radical (unpaired) electrons. The van der Waals surface area contributed by atoms with E-state index in [-0.39, 0.29) is 16.2 Å². The van der Waals surface area contributed by atoms with Gasteiger partial charge in [0.2, 0.25) is 0 Å². The van der Waals surface area contributed by atoms with Crippen LogP contribution in [-0.4, -0.2) is 24.4 Å². The first kappa shape index (κ1) is 11.5. The predicted molar refractivity (Wildman–Crippen MR) is 51.9 cm³/mol. The summed E-state index contributed by atoms with van der Waals surface area (Å²) in [5.74, 6) is 0.357. The molecule has 0 aliphatic heterocycles. The Morgan fingerprint density at radius 3 is 2.50 bits per heavy atom. The average molecular weight is 237 g/mol. The van der Waals surface area contributed by atoms with Gasteiger partial charge in [-0.3, -0.25) is 0 Å². The van der Waals surface area contributed by atoms with Crippen LogP contribution in [0, 0.1) is 5.92 Å².